The third-order valence-corrected chi connectivity index (χ3v) is 4.66. The number of nitrogens with zero attached hydrogens (tertiary/aromatic N) is 1. The first-order valence-electron chi connectivity index (χ1n) is 6.69. The van der Waals surface area contributed by atoms with Crippen LogP contribution in [0.3, 0.4) is 0 Å². The molecule has 2 heterocycles. The molecule has 1 atom stereocenters. The van der Waals surface area contributed by atoms with Crippen LogP contribution >= 0.6 is 11.3 Å². The molecule has 1 fully saturated rings. The van der Waals surface area contributed by atoms with Gasteiger partial charge in [-0.25, -0.2) is 0 Å². The first-order valence-corrected chi connectivity index (χ1v) is 7.57. The van der Waals surface area contributed by atoms with E-state index < -0.39 is 0 Å². The minimum Gasteiger partial charge on any atom is -0.338 e. The molecule has 0 bridgehead atoms. The van der Waals surface area contributed by atoms with Gasteiger partial charge in [-0.1, -0.05) is 0 Å². The van der Waals surface area contributed by atoms with Crippen LogP contribution in [0, 0.1) is 5.92 Å². The second-order valence-electron chi connectivity index (χ2n) is 5.14. The predicted molar refractivity (Wildman–Crippen MR) is 79.8 cm³/mol. The Kier molecular flexibility index (Phi) is 3.53. The highest BCUT2D eigenvalue weighted by molar-refractivity contribution is 7.17. The normalized spacial score (nSPS) is 19.2. The summed E-state index contributed by atoms with van der Waals surface area (Å²) in [7, 11) is 1.97. The molecule has 100 valence electrons. The van der Waals surface area contributed by atoms with E-state index in [9.17, 15) is 4.79 Å². The molecule has 1 saturated heterocycles. The van der Waals surface area contributed by atoms with Crippen molar-refractivity contribution in [3.63, 3.8) is 0 Å². The Morgan fingerprint density at radius 3 is 3.21 bits per heavy atom. The fourth-order valence-corrected chi connectivity index (χ4v) is 3.53. The molecule has 0 spiro atoms. The lowest BCUT2D eigenvalue weighted by Gasteiger charge is -2.16. The second-order valence-corrected chi connectivity index (χ2v) is 6.08. The van der Waals surface area contributed by atoms with Crippen LogP contribution in [0.1, 0.15) is 16.8 Å². The number of amides is 1. The summed E-state index contributed by atoms with van der Waals surface area (Å²) in [4.78, 5) is 14.5. The molecule has 0 saturated carbocycles. The molecule has 19 heavy (non-hydrogen) atoms. The Balaban J connectivity index is 1.76. The highest BCUT2D eigenvalue weighted by atomic mass is 32.1. The molecular weight excluding hydrogens is 256 g/mol. The van der Waals surface area contributed by atoms with Crippen LogP contribution in [0.4, 0.5) is 0 Å². The average Bonchev–Trinajstić information content (AvgIpc) is 3.05. The first-order chi connectivity index (χ1) is 9.28. The Labute approximate surface area is 117 Å². The largest absolute Gasteiger partial charge is 0.338 e. The van der Waals surface area contributed by atoms with Gasteiger partial charge in [-0.05, 0) is 61.0 Å². The molecule has 1 aromatic carbocycles. The van der Waals surface area contributed by atoms with Gasteiger partial charge in [0, 0.05) is 23.4 Å². The zero-order valence-corrected chi connectivity index (χ0v) is 11.9. The van der Waals surface area contributed by atoms with Crippen molar-refractivity contribution in [1.29, 1.82) is 0 Å². The monoisotopic (exact) mass is 274 g/mol. The van der Waals surface area contributed by atoms with E-state index in [1.54, 1.807) is 11.3 Å². The summed E-state index contributed by atoms with van der Waals surface area (Å²) in [6.45, 7) is 2.75. The van der Waals surface area contributed by atoms with Crippen LogP contribution in [0.25, 0.3) is 10.1 Å². The van der Waals surface area contributed by atoms with E-state index in [-0.39, 0.29) is 5.91 Å². The van der Waals surface area contributed by atoms with Crippen LogP contribution in [0.2, 0.25) is 0 Å². The molecule has 3 nitrogen and oxygen atoms in total. The van der Waals surface area contributed by atoms with Crippen molar-refractivity contribution >= 4 is 27.3 Å². The summed E-state index contributed by atoms with van der Waals surface area (Å²) in [6, 6.07) is 8.09. The third kappa shape index (κ3) is 2.51. The lowest BCUT2D eigenvalue weighted by Crippen LogP contribution is -2.30. The third-order valence-electron chi connectivity index (χ3n) is 3.77. The van der Waals surface area contributed by atoms with E-state index in [0.717, 1.165) is 31.6 Å². The van der Waals surface area contributed by atoms with Crippen molar-refractivity contribution in [3.8, 4) is 0 Å². The van der Waals surface area contributed by atoms with Gasteiger partial charge >= 0.3 is 0 Å². The maximum absolute atomic E-state index is 12.5. The number of rotatable bonds is 3. The topological polar surface area (TPSA) is 32.3 Å². The number of hydrogen-bond donors (Lipinski definition) is 1. The van der Waals surface area contributed by atoms with E-state index in [1.165, 1.54) is 10.1 Å². The predicted octanol–water partition coefficient (Wildman–Crippen LogP) is 2.58. The lowest BCUT2D eigenvalue weighted by atomic mass is 10.1. The fourth-order valence-electron chi connectivity index (χ4n) is 2.75. The van der Waals surface area contributed by atoms with Crippen LogP contribution < -0.4 is 5.32 Å². The lowest BCUT2D eigenvalue weighted by molar-refractivity contribution is 0.0787. The Bertz CT molecular complexity index is 593. The highest BCUT2D eigenvalue weighted by Crippen LogP contribution is 2.24. The standard InChI is InChI=1S/C15H18N2OS/c1-16-9-11-4-6-17(10-11)15(18)13-2-3-14-12(8-13)5-7-19-14/h2-3,5,7-8,11,16H,4,6,9-10H2,1H3/t11-/m1/s1. The van der Waals surface area contributed by atoms with Crippen molar-refractivity contribution in [2.75, 3.05) is 26.7 Å². The number of hydrogen-bond acceptors (Lipinski definition) is 3. The Morgan fingerprint density at radius 1 is 1.47 bits per heavy atom. The van der Waals surface area contributed by atoms with Crippen LogP contribution in [-0.4, -0.2) is 37.5 Å². The summed E-state index contributed by atoms with van der Waals surface area (Å²) in [6.07, 6.45) is 1.10. The van der Waals surface area contributed by atoms with Crippen LogP contribution in [-0.2, 0) is 0 Å². The molecule has 1 aromatic heterocycles. The maximum atomic E-state index is 12.5. The van der Waals surface area contributed by atoms with Gasteiger partial charge in [-0.3, -0.25) is 4.79 Å². The molecule has 1 aliphatic heterocycles. The minimum atomic E-state index is 0.173. The fraction of sp³-hybridized carbons (Fsp3) is 0.400. The van der Waals surface area contributed by atoms with Crippen molar-refractivity contribution in [2.45, 2.75) is 6.42 Å². The molecule has 0 aliphatic carbocycles. The van der Waals surface area contributed by atoms with E-state index in [1.807, 2.05) is 30.1 Å². The number of likely N-dealkylation sites (tertiary alicyclic amines) is 1. The van der Waals surface area contributed by atoms with E-state index in [0.29, 0.717) is 5.92 Å². The highest BCUT2D eigenvalue weighted by Gasteiger charge is 2.26. The van der Waals surface area contributed by atoms with Crippen molar-refractivity contribution in [1.82, 2.24) is 10.2 Å². The number of fused-ring (bicyclic) bond motifs is 1. The summed E-state index contributed by atoms with van der Waals surface area (Å²) >= 11 is 1.71. The summed E-state index contributed by atoms with van der Waals surface area (Å²) in [5, 5.41) is 6.43. The number of benzene rings is 1. The van der Waals surface area contributed by atoms with Crippen LogP contribution in [0.15, 0.2) is 29.6 Å². The molecule has 1 aliphatic rings. The quantitative estimate of drug-likeness (QED) is 0.933. The second kappa shape index (κ2) is 5.31. The van der Waals surface area contributed by atoms with Crippen LogP contribution in [0.5, 0.6) is 0 Å². The molecule has 1 N–H and O–H groups in total. The van der Waals surface area contributed by atoms with E-state index >= 15 is 0 Å². The molecular formula is C15H18N2OS. The molecule has 2 aromatic rings. The summed E-state index contributed by atoms with van der Waals surface area (Å²) in [5.41, 5.74) is 0.816. The van der Waals surface area contributed by atoms with Gasteiger partial charge in [0.05, 0.1) is 0 Å². The van der Waals surface area contributed by atoms with E-state index in [4.69, 9.17) is 0 Å². The Morgan fingerprint density at radius 2 is 2.37 bits per heavy atom. The van der Waals surface area contributed by atoms with Gasteiger partial charge in [0.1, 0.15) is 0 Å². The number of thiophene rings is 1. The van der Waals surface area contributed by atoms with Gasteiger partial charge < -0.3 is 10.2 Å². The zero-order valence-electron chi connectivity index (χ0n) is 11.1. The van der Waals surface area contributed by atoms with Gasteiger partial charge in [0.25, 0.3) is 5.91 Å². The molecule has 0 radical (unpaired) electrons. The molecule has 3 rings (SSSR count). The van der Waals surface area contributed by atoms with Gasteiger partial charge in [-0.15, -0.1) is 11.3 Å². The van der Waals surface area contributed by atoms with Gasteiger partial charge in [-0.2, -0.15) is 0 Å². The molecule has 4 heteroatoms. The summed E-state index contributed by atoms with van der Waals surface area (Å²) < 4.78 is 1.24. The smallest absolute Gasteiger partial charge is 0.253 e. The van der Waals surface area contributed by atoms with Gasteiger partial charge in [0.15, 0.2) is 0 Å². The molecule has 1 amide bonds. The zero-order chi connectivity index (χ0) is 13.2. The minimum absolute atomic E-state index is 0.173. The maximum Gasteiger partial charge on any atom is 0.253 e. The van der Waals surface area contributed by atoms with Crippen molar-refractivity contribution in [3.05, 3.63) is 35.2 Å². The Hall–Kier alpha value is -1.39. The number of carbonyl (C=O) groups is 1. The van der Waals surface area contributed by atoms with Crippen molar-refractivity contribution < 1.29 is 4.79 Å². The van der Waals surface area contributed by atoms with Crippen molar-refractivity contribution in [2.24, 2.45) is 5.92 Å². The number of carbonyl (C=O) groups excluding carboxylic acids is 1. The number of nitrogens with one attached hydrogen (secondary N) is 1. The van der Waals surface area contributed by atoms with E-state index in [2.05, 4.69) is 16.8 Å². The molecule has 0 unspecified atom stereocenters. The van der Waals surface area contributed by atoms with Gasteiger partial charge in [0.2, 0.25) is 0 Å². The first kappa shape index (κ1) is 12.6. The summed E-state index contributed by atoms with van der Waals surface area (Å²) in [5.74, 6) is 0.769. The SMILES string of the molecule is CNC[C@H]1CCN(C(=O)c2ccc3sccc3c2)C1. The average molecular weight is 274 g/mol.